The van der Waals surface area contributed by atoms with Gasteiger partial charge in [0.25, 0.3) is 5.95 Å². The van der Waals surface area contributed by atoms with Gasteiger partial charge >= 0.3 is 0 Å². The van der Waals surface area contributed by atoms with Crippen LogP contribution in [0.3, 0.4) is 0 Å². The molecule has 0 saturated carbocycles. The van der Waals surface area contributed by atoms with Crippen LogP contribution in [0.5, 0.6) is 0 Å². The summed E-state index contributed by atoms with van der Waals surface area (Å²) in [5.74, 6) is 1.21. The van der Waals surface area contributed by atoms with E-state index in [1.54, 1.807) is 12.3 Å². The van der Waals surface area contributed by atoms with Crippen molar-refractivity contribution < 1.29 is 0 Å². The third kappa shape index (κ3) is 2.11. The Hall–Kier alpha value is -1.71. The highest BCUT2D eigenvalue weighted by atomic mass is 15.4. The maximum atomic E-state index is 4.19. The van der Waals surface area contributed by atoms with Gasteiger partial charge in [0.05, 0.1) is 0 Å². The molecule has 4 nitrogen and oxygen atoms in total. The molecule has 0 atom stereocenters. The van der Waals surface area contributed by atoms with Crippen LogP contribution >= 0.6 is 0 Å². The van der Waals surface area contributed by atoms with Crippen LogP contribution in [0, 0.1) is 6.92 Å². The first-order chi connectivity index (χ1) is 6.17. The molecule has 68 valence electrons. The molecule has 0 amide bonds. The Morgan fingerprint density at radius 1 is 1.54 bits per heavy atom. The second-order valence-corrected chi connectivity index (χ2v) is 2.54. The van der Waals surface area contributed by atoms with Gasteiger partial charge in [-0.15, -0.1) is 0 Å². The molecule has 0 radical (unpaired) electrons. The Morgan fingerprint density at radius 3 is 2.77 bits per heavy atom. The molecular formula is C9H12N4. The lowest BCUT2D eigenvalue weighted by Crippen LogP contribution is -1.89. The predicted molar refractivity (Wildman–Crippen MR) is 54.1 cm³/mol. The number of aromatic nitrogens is 3. The van der Waals surface area contributed by atoms with E-state index in [9.17, 15) is 0 Å². The van der Waals surface area contributed by atoms with Gasteiger partial charge in [0.1, 0.15) is 5.82 Å². The van der Waals surface area contributed by atoms with E-state index in [2.05, 4.69) is 28.2 Å². The molecule has 0 aliphatic rings. The van der Waals surface area contributed by atoms with Gasteiger partial charge in [-0.1, -0.05) is 13.2 Å². The van der Waals surface area contributed by atoms with Crippen molar-refractivity contribution in [2.24, 2.45) is 4.99 Å². The lowest BCUT2D eigenvalue weighted by Gasteiger charge is -1.93. The average Bonchev–Trinajstić information content (AvgIpc) is 2.46. The van der Waals surface area contributed by atoms with Crippen molar-refractivity contribution in [3.63, 3.8) is 0 Å². The number of hydrogen-bond donors (Lipinski definition) is 0. The third-order valence-electron chi connectivity index (χ3n) is 1.46. The number of rotatable bonds is 3. The summed E-state index contributed by atoms with van der Waals surface area (Å²) in [6, 6.07) is 0. The highest BCUT2D eigenvalue weighted by Gasteiger charge is 2.01. The quantitative estimate of drug-likeness (QED) is 0.661. The van der Waals surface area contributed by atoms with E-state index in [0.29, 0.717) is 11.8 Å². The van der Waals surface area contributed by atoms with Crippen molar-refractivity contribution in [3.05, 3.63) is 25.1 Å². The van der Waals surface area contributed by atoms with E-state index in [-0.39, 0.29) is 0 Å². The van der Waals surface area contributed by atoms with Crippen LogP contribution in [-0.2, 0) is 0 Å². The van der Waals surface area contributed by atoms with Gasteiger partial charge < -0.3 is 0 Å². The first-order valence-corrected chi connectivity index (χ1v) is 3.91. The number of hydrogen-bond acceptors (Lipinski definition) is 3. The van der Waals surface area contributed by atoms with E-state index >= 15 is 0 Å². The van der Waals surface area contributed by atoms with Gasteiger partial charge in [-0.25, -0.2) is 9.67 Å². The first kappa shape index (κ1) is 9.38. The summed E-state index contributed by atoms with van der Waals surface area (Å²) in [5.41, 5.74) is 0.801. The van der Waals surface area contributed by atoms with Gasteiger partial charge in [-0.2, -0.15) is 10.1 Å². The second-order valence-electron chi connectivity index (χ2n) is 2.54. The fourth-order valence-corrected chi connectivity index (χ4v) is 0.821. The van der Waals surface area contributed by atoms with Crippen LogP contribution in [0.1, 0.15) is 12.7 Å². The van der Waals surface area contributed by atoms with Crippen LogP contribution in [0.15, 0.2) is 24.2 Å². The lowest BCUT2D eigenvalue weighted by molar-refractivity contribution is 0.912. The standard InChI is InChI=1S/C9H12N4/c1-5-7(3)10-9-11-8(4)12-13(9)6-2/h5-6H,1-2H2,3-4H3/b10-7-. The molecule has 0 saturated heterocycles. The van der Waals surface area contributed by atoms with Crippen molar-refractivity contribution >= 4 is 17.9 Å². The number of aliphatic imine (C=N–C) groups is 1. The largest absolute Gasteiger partial charge is 0.252 e. The molecule has 0 fully saturated rings. The highest BCUT2D eigenvalue weighted by molar-refractivity contribution is 5.93. The third-order valence-corrected chi connectivity index (χ3v) is 1.46. The zero-order valence-corrected chi connectivity index (χ0v) is 7.86. The normalized spacial score (nSPS) is 11.4. The Labute approximate surface area is 77.3 Å². The minimum absolute atomic E-state index is 0.532. The Bertz CT molecular complexity index is 360. The minimum Gasteiger partial charge on any atom is -0.216 e. The molecule has 0 bridgehead atoms. The van der Waals surface area contributed by atoms with Crippen LogP contribution in [0.4, 0.5) is 5.95 Å². The SMILES string of the molecule is C=C/C(C)=N\c1nc(C)nn1C=C. The first-order valence-electron chi connectivity index (χ1n) is 3.91. The van der Waals surface area contributed by atoms with Gasteiger partial charge in [-0.3, -0.25) is 0 Å². The van der Waals surface area contributed by atoms with Crippen LogP contribution < -0.4 is 0 Å². The molecule has 0 aromatic carbocycles. The lowest BCUT2D eigenvalue weighted by atomic mass is 10.4. The highest BCUT2D eigenvalue weighted by Crippen LogP contribution is 2.09. The van der Waals surface area contributed by atoms with E-state index < -0.39 is 0 Å². The topological polar surface area (TPSA) is 43.1 Å². The predicted octanol–water partition coefficient (Wildman–Crippen LogP) is 1.97. The molecule has 1 heterocycles. The molecule has 0 aliphatic heterocycles. The summed E-state index contributed by atoms with van der Waals surface area (Å²) in [5, 5.41) is 4.06. The number of nitrogens with zero attached hydrogens (tertiary/aromatic N) is 4. The summed E-state index contributed by atoms with van der Waals surface area (Å²) in [7, 11) is 0. The van der Waals surface area contributed by atoms with Crippen molar-refractivity contribution in [1.29, 1.82) is 0 Å². The molecule has 0 spiro atoms. The number of aryl methyl sites for hydroxylation is 1. The smallest absolute Gasteiger partial charge is 0.216 e. The van der Waals surface area contributed by atoms with Crippen LogP contribution in [-0.4, -0.2) is 20.5 Å². The maximum absolute atomic E-state index is 4.19. The second kappa shape index (κ2) is 3.80. The van der Waals surface area contributed by atoms with E-state index in [4.69, 9.17) is 0 Å². The Morgan fingerprint density at radius 2 is 2.23 bits per heavy atom. The van der Waals surface area contributed by atoms with Gasteiger partial charge in [0, 0.05) is 11.9 Å². The summed E-state index contributed by atoms with van der Waals surface area (Å²) in [6.45, 7) is 10.9. The molecule has 4 heteroatoms. The molecule has 0 N–H and O–H groups in total. The van der Waals surface area contributed by atoms with Crippen molar-refractivity contribution in [2.75, 3.05) is 0 Å². The molecule has 0 aliphatic carbocycles. The zero-order valence-electron chi connectivity index (χ0n) is 7.86. The van der Waals surface area contributed by atoms with Gasteiger partial charge in [-0.05, 0) is 19.9 Å². The van der Waals surface area contributed by atoms with Crippen molar-refractivity contribution in [2.45, 2.75) is 13.8 Å². The fraction of sp³-hybridized carbons (Fsp3) is 0.222. The minimum atomic E-state index is 0.532. The Balaban J connectivity index is 3.13. The molecule has 1 rings (SSSR count). The van der Waals surface area contributed by atoms with E-state index in [1.165, 1.54) is 4.68 Å². The summed E-state index contributed by atoms with van der Waals surface area (Å²) < 4.78 is 1.53. The monoisotopic (exact) mass is 176 g/mol. The van der Waals surface area contributed by atoms with E-state index in [0.717, 1.165) is 5.71 Å². The Kier molecular flexibility index (Phi) is 2.74. The summed E-state index contributed by atoms with van der Waals surface area (Å²) in [4.78, 5) is 8.30. The average molecular weight is 176 g/mol. The summed E-state index contributed by atoms with van der Waals surface area (Å²) in [6.07, 6.45) is 3.23. The van der Waals surface area contributed by atoms with Crippen LogP contribution in [0.25, 0.3) is 6.20 Å². The van der Waals surface area contributed by atoms with Gasteiger partial charge in [0.15, 0.2) is 0 Å². The maximum Gasteiger partial charge on any atom is 0.252 e. The van der Waals surface area contributed by atoms with Crippen LogP contribution in [0.2, 0.25) is 0 Å². The van der Waals surface area contributed by atoms with Gasteiger partial charge in [0.2, 0.25) is 0 Å². The van der Waals surface area contributed by atoms with Crippen molar-refractivity contribution in [1.82, 2.24) is 14.8 Å². The zero-order chi connectivity index (χ0) is 9.84. The summed E-state index contributed by atoms with van der Waals surface area (Å²) >= 11 is 0. The van der Waals surface area contributed by atoms with E-state index in [1.807, 2.05) is 13.8 Å². The fourth-order valence-electron chi connectivity index (χ4n) is 0.821. The molecular weight excluding hydrogens is 164 g/mol. The van der Waals surface area contributed by atoms with Crippen molar-refractivity contribution in [3.8, 4) is 0 Å². The molecule has 1 aromatic heterocycles. The molecule has 0 unspecified atom stereocenters. The molecule has 1 aromatic rings. The molecule has 13 heavy (non-hydrogen) atoms. The number of allylic oxidation sites excluding steroid dienone is 1.